The highest BCUT2D eigenvalue weighted by molar-refractivity contribution is 7.08. The SMILES string of the molecule is CC(C)(C)OC(=O)NC(Cc1ccccc1)C(=O)OCC1COc2cscc2OC1. The average molecular weight is 434 g/mol. The summed E-state index contributed by atoms with van der Waals surface area (Å²) in [5.41, 5.74) is 0.237. The van der Waals surface area contributed by atoms with Gasteiger partial charge in [0.15, 0.2) is 11.5 Å². The van der Waals surface area contributed by atoms with Gasteiger partial charge in [-0.3, -0.25) is 0 Å². The minimum Gasteiger partial charge on any atom is -0.488 e. The molecule has 3 rings (SSSR count). The number of hydrogen-bond donors (Lipinski definition) is 1. The van der Waals surface area contributed by atoms with Crippen LogP contribution in [-0.2, 0) is 20.7 Å². The first-order valence-corrected chi connectivity index (χ1v) is 10.8. The van der Waals surface area contributed by atoms with Gasteiger partial charge in [-0.15, -0.1) is 11.3 Å². The Morgan fingerprint density at radius 3 is 2.37 bits per heavy atom. The number of nitrogens with one attached hydrogen (secondary N) is 1. The molecule has 1 amide bonds. The number of benzene rings is 1. The zero-order valence-electron chi connectivity index (χ0n) is 17.4. The van der Waals surface area contributed by atoms with E-state index in [2.05, 4.69) is 5.32 Å². The van der Waals surface area contributed by atoms with E-state index in [1.165, 1.54) is 11.3 Å². The van der Waals surface area contributed by atoms with Crippen LogP contribution in [0.4, 0.5) is 4.79 Å². The van der Waals surface area contributed by atoms with E-state index < -0.39 is 23.7 Å². The van der Waals surface area contributed by atoms with Gasteiger partial charge in [0, 0.05) is 17.2 Å². The molecule has 0 saturated carbocycles. The second-order valence-electron chi connectivity index (χ2n) is 8.11. The first-order valence-electron chi connectivity index (χ1n) is 9.82. The van der Waals surface area contributed by atoms with Gasteiger partial charge in [0.1, 0.15) is 18.2 Å². The number of rotatable bonds is 6. The van der Waals surface area contributed by atoms with Crippen LogP contribution in [-0.4, -0.2) is 43.5 Å². The van der Waals surface area contributed by atoms with E-state index in [4.69, 9.17) is 18.9 Å². The molecule has 8 heteroatoms. The van der Waals surface area contributed by atoms with Crippen molar-refractivity contribution in [1.82, 2.24) is 5.32 Å². The van der Waals surface area contributed by atoms with E-state index in [-0.39, 0.29) is 12.5 Å². The topological polar surface area (TPSA) is 83.1 Å². The summed E-state index contributed by atoms with van der Waals surface area (Å²) in [7, 11) is 0. The Morgan fingerprint density at radius 1 is 1.13 bits per heavy atom. The minimum atomic E-state index is -0.865. The first-order chi connectivity index (χ1) is 14.3. The molecule has 1 N–H and O–H groups in total. The lowest BCUT2D eigenvalue weighted by Gasteiger charge is -2.23. The highest BCUT2D eigenvalue weighted by atomic mass is 32.1. The van der Waals surface area contributed by atoms with E-state index in [0.29, 0.717) is 31.1 Å². The fourth-order valence-corrected chi connectivity index (χ4v) is 3.52. The maximum atomic E-state index is 12.8. The van der Waals surface area contributed by atoms with Gasteiger partial charge >= 0.3 is 12.1 Å². The molecule has 0 spiro atoms. The lowest BCUT2D eigenvalue weighted by Crippen LogP contribution is -2.46. The molecular formula is C22H27NO6S. The third kappa shape index (κ3) is 6.66. The van der Waals surface area contributed by atoms with Gasteiger partial charge in [-0.05, 0) is 26.3 Å². The van der Waals surface area contributed by atoms with Crippen molar-refractivity contribution in [1.29, 1.82) is 0 Å². The molecule has 0 saturated heterocycles. The van der Waals surface area contributed by atoms with Crippen LogP contribution in [0.25, 0.3) is 0 Å². The number of hydrogen-bond acceptors (Lipinski definition) is 7. The summed E-state index contributed by atoms with van der Waals surface area (Å²) >= 11 is 1.51. The van der Waals surface area contributed by atoms with E-state index >= 15 is 0 Å². The number of ether oxygens (including phenoxy) is 4. The number of esters is 1. The van der Waals surface area contributed by atoms with Gasteiger partial charge in [-0.1, -0.05) is 30.3 Å². The van der Waals surface area contributed by atoms with Crippen molar-refractivity contribution < 1.29 is 28.5 Å². The summed E-state index contributed by atoms with van der Waals surface area (Å²) in [6, 6.07) is 8.57. The van der Waals surface area contributed by atoms with Gasteiger partial charge in [0.25, 0.3) is 0 Å². The molecule has 2 aromatic rings. The normalized spacial score (nSPS) is 15.0. The molecule has 7 nitrogen and oxygen atoms in total. The number of alkyl carbamates (subject to hydrolysis) is 1. The van der Waals surface area contributed by atoms with Gasteiger partial charge in [-0.2, -0.15) is 0 Å². The van der Waals surface area contributed by atoms with Crippen molar-refractivity contribution in [3.8, 4) is 11.5 Å². The van der Waals surface area contributed by atoms with Gasteiger partial charge in [0.05, 0.1) is 19.1 Å². The van der Waals surface area contributed by atoms with Crippen LogP contribution in [0, 0.1) is 5.92 Å². The van der Waals surface area contributed by atoms with Crippen LogP contribution in [0.1, 0.15) is 26.3 Å². The lowest BCUT2D eigenvalue weighted by molar-refractivity contribution is -0.148. The van der Waals surface area contributed by atoms with Crippen LogP contribution < -0.4 is 14.8 Å². The van der Waals surface area contributed by atoms with Crippen LogP contribution >= 0.6 is 11.3 Å². The smallest absolute Gasteiger partial charge is 0.408 e. The second-order valence-corrected chi connectivity index (χ2v) is 8.85. The largest absolute Gasteiger partial charge is 0.488 e. The molecule has 0 bridgehead atoms. The molecule has 0 radical (unpaired) electrons. The van der Waals surface area contributed by atoms with E-state index in [0.717, 1.165) is 5.56 Å². The molecule has 0 fully saturated rings. The predicted molar refractivity (Wildman–Crippen MR) is 113 cm³/mol. The molecule has 1 unspecified atom stereocenters. The maximum absolute atomic E-state index is 12.8. The van der Waals surface area contributed by atoms with Crippen molar-refractivity contribution in [3.63, 3.8) is 0 Å². The molecule has 2 heterocycles. The lowest BCUT2D eigenvalue weighted by atomic mass is 10.1. The Morgan fingerprint density at radius 2 is 1.77 bits per heavy atom. The van der Waals surface area contributed by atoms with Crippen molar-refractivity contribution in [2.45, 2.75) is 38.8 Å². The Bertz CT molecular complexity index is 822. The number of amides is 1. The number of carbonyl (C=O) groups is 2. The third-order valence-electron chi connectivity index (χ3n) is 4.26. The van der Waals surface area contributed by atoms with Crippen molar-refractivity contribution >= 4 is 23.4 Å². The van der Waals surface area contributed by atoms with Crippen molar-refractivity contribution in [2.24, 2.45) is 5.92 Å². The highest BCUT2D eigenvalue weighted by Crippen LogP contribution is 2.34. The summed E-state index contributed by atoms with van der Waals surface area (Å²) in [6.45, 7) is 6.21. The van der Waals surface area contributed by atoms with Crippen LogP contribution in [0.15, 0.2) is 41.1 Å². The van der Waals surface area contributed by atoms with Gasteiger partial charge in [-0.25, -0.2) is 9.59 Å². The summed E-state index contributed by atoms with van der Waals surface area (Å²) < 4.78 is 22.2. The number of carbonyl (C=O) groups excluding carboxylic acids is 2. The summed E-state index contributed by atoms with van der Waals surface area (Å²) in [5.74, 6) is 0.790. The highest BCUT2D eigenvalue weighted by Gasteiger charge is 2.27. The Labute approximate surface area is 180 Å². The molecule has 1 aliphatic heterocycles. The van der Waals surface area contributed by atoms with E-state index in [1.54, 1.807) is 20.8 Å². The van der Waals surface area contributed by atoms with Crippen molar-refractivity contribution in [3.05, 3.63) is 46.7 Å². The quantitative estimate of drug-likeness (QED) is 0.698. The molecule has 30 heavy (non-hydrogen) atoms. The van der Waals surface area contributed by atoms with Crippen LogP contribution in [0.2, 0.25) is 0 Å². The molecule has 1 aromatic heterocycles. The molecule has 0 aliphatic carbocycles. The average Bonchev–Trinajstić information content (AvgIpc) is 3.05. The van der Waals surface area contributed by atoms with E-state index in [9.17, 15) is 9.59 Å². The molecular weight excluding hydrogens is 406 g/mol. The summed E-state index contributed by atoms with van der Waals surface area (Å²) in [5, 5.41) is 6.39. The Hall–Kier alpha value is -2.74. The summed E-state index contributed by atoms with van der Waals surface area (Å²) in [4.78, 5) is 25.0. The van der Waals surface area contributed by atoms with Crippen molar-refractivity contribution in [2.75, 3.05) is 19.8 Å². The van der Waals surface area contributed by atoms with Gasteiger partial charge in [0.2, 0.25) is 0 Å². The third-order valence-corrected chi connectivity index (χ3v) is 4.96. The fraction of sp³-hybridized carbons (Fsp3) is 0.455. The molecule has 162 valence electrons. The van der Waals surface area contributed by atoms with Gasteiger partial charge < -0.3 is 24.3 Å². The fourth-order valence-electron chi connectivity index (χ4n) is 2.84. The second kappa shape index (κ2) is 9.84. The van der Waals surface area contributed by atoms with Crippen LogP contribution in [0.3, 0.4) is 0 Å². The Kier molecular flexibility index (Phi) is 7.20. The molecule has 1 aromatic carbocycles. The molecule has 1 atom stereocenters. The maximum Gasteiger partial charge on any atom is 0.408 e. The zero-order valence-corrected chi connectivity index (χ0v) is 18.2. The summed E-state index contributed by atoms with van der Waals surface area (Å²) in [6.07, 6.45) is -0.362. The Balaban J connectivity index is 1.58. The minimum absolute atomic E-state index is 0.106. The molecule has 1 aliphatic rings. The van der Waals surface area contributed by atoms with E-state index in [1.807, 2.05) is 41.1 Å². The predicted octanol–water partition coefficient (Wildman–Crippen LogP) is 3.81. The first kappa shape index (κ1) is 22.0. The van der Waals surface area contributed by atoms with Crippen LogP contribution in [0.5, 0.6) is 11.5 Å². The monoisotopic (exact) mass is 433 g/mol. The standard InChI is InChI=1S/C22H27NO6S/c1-22(2,3)29-21(25)23-17(9-15-7-5-4-6-8-15)20(24)28-12-16-10-26-18-13-30-14-19(18)27-11-16/h4-8,13-14,16-17H,9-12H2,1-3H3,(H,23,25). The number of thiophene rings is 1. The zero-order chi connectivity index (χ0) is 21.6. The number of fused-ring (bicyclic) bond motifs is 1.